The molecule has 1 saturated carbocycles. The van der Waals surface area contributed by atoms with Gasteiger partial charge in [-0.25, -0.2) is 0 Å². The number of aromatic nitrogens is 1. The summed E-state index contributed by atoms with van der Waals surface area (Å²) < 4.78 is 2.61. The van der Waals surface area contributed by atoms with E-state index in [-0.39, 0.29) is 5.41 Å². The summed E-state index contributed by atoms with van der Waals surface area (Å²) >= 11 is 0. The fourth-order valence-electron chi connectivity index (χ4n) is 14.2. The highest BCUT2D eigenvalue weighted by atomic mass is 15.0. The van der Waals surface area contributed by atoms with Crippen LogP contribution >= 0.6 is 0 Å². The number of hydrogen-bond donors (Lipinski definition) is 1. The van der Waals surface area contributed by atoms with E-state index in [1.54, 1.807) is 11.1 Å². The Morgan fingerprint density at radius 1 is 0.639 bits per heavy atom. The normalized spacial score (nSPS) is 25.3. The molecule has 5 atom stereocenters. The van der Waals surface area contributed by atoms with Gasteiger partial charge in [0.05, 0.1) is 22.1 Å². The van der Waals surface area contributed by atoms with E-state index in [4.69, 9.17) is 0 Å². The lowest BCUT2D eigenvalue weighted by atomic mass is 9.51. The first-order valence-corrected chi connectivity index (χ1v) is 22.1. The summed E-state index contributed by atoms with van der Waals surface area (Å²) in [5.41, 5.74) is 24.4. The highest BCUT2D eigenvalue weighted by Gasteiger charge is 2.74. The smallest absolute Gasteiger partial charge is 0.0623 e. The van der Waals surface area contributed by atoms with Crippen LogP contribution < -0.4 is 5.32 Å². The number of anilines is 2. The van der Waals surface area contributed by atoms with E-state index in [0.29, 0.717) is 11.8 Å². The second-order valence-corrected chi connectivity index (χ2v) is 18.7. The molecule has 7 aromatic carbocycles. The van der Waals surface area contributed by atoms with Gasteiger partial charge in [-0.2, -0.15) is 0 Å². The van der Waals surface area contributed by atoms with E-state index < -0.39 is 10.8 Å². The lowest BCUT2D eigenvalue weighted by molar-refractivity contribution is 0.399. The summed E-state index contributed by atoms with van der Waals surface area (Å²) in [6, 6.07) is 57.3. The number of allylic oxidation sites excluding steroid dienone is 8. The van der Waals surface area contributed by atoms with Gasteiger partial charge in [0.15, 0.2) is 0 Å². The van der Waals surface area contributed by atoms with Gasteiger partial charge in [0.1, 0.15) is 0 Å². The van der Waals surface area contributed by atoms with Crippen molar-refractivity contribution in [1.29, 1.82) is 0 Å². The Balaban J connectivity index is 1.20. The van der Waals surface area contributed by atoms with Gasteiger partial charge in [0.25, 0.3) is 0 Å². The van der Waals surface area contributed by atoms with Crippen LogP contribution in [-0.2, 0) is 10.8 Å². The Bertz CT molecular complexity index is 3460. The molecule has 1 N–H and O–H groups in total. The molecule has 61 heavy (non-hydrogen) atoms. The maximum absolute atomic E-state index is 4.19. The van der Waals surface area contributed by atoms with E-state index in [2.05, 4.69) is 214 Å². The fourth-order valence-corrected chi connectivity index (χ4v) is 14.2. The standard InChI is InChI=1S/C59H44N2/c1-34-32-38-19-15-27-50-57(38,3)56-51(34)35(2)40-21-8-11-24-45(40)58(56,4)59(50)46-30-28-44-42-23-10-13-26-49(42)61-48-25-12-9-22-41(48)43-29-31-47(54(59)52(43)53(46)55(44)61)60-39-20-14-18-37(33-39)36-16-6-5-7-17-36/h5-35,60H,1-4H3. The molecule has 1 aliphatic heterocycles. The molecule has 290 valence electrons. The average Bonchev–Trinajstić information content (AvgIpc) is 3.82. The lowest BCUT2D eigenvalue weighted by Crippen LogP contribution is -2.47. The van der Waals surface area contributed by atoms with E-state index in [1.807, 2.05) is 0 Å². The maximum Gasteiger partial charge on any atom is 0.0623 e. The van der Waals surface area contributed by atoms with Crippen molar-refractivity contribution in [1.82, 2.24) is 4.57 Å². The summed E-state index contributed by atoms with van der Waals surface area (Å²) in [5.74, 6) is 0.632. The molecule has 14 rings (SSSR count). The van der Waals surface area contributed by atoms with Gasteiger partial charge in [-0.05, 0) is 98.8 Å². The highest BCUT2D eigenvalue weighted by Crippen LogP contribution is 2.81. The second kappa shape index (κ2) is 11.3. The van der Waals surface area contributed by atoms with Crippen molar-refractivity contribution in [3.05, 3.63) is 221 Å². The molecule has 6 aliphatic rings. The van der Waals surface area contributed by atoms with Crippen LogP contribution in [0.15, 0.2) is 198 Å². The fraction of sp³-hybridized carbons (Fsp3) is 0.153. The zero-order valence-electron chi connectivity index (χ0n) is 34.8. The topological polar surface area (TPSA) is 17.0 Å². The number of nitrogens with zero attached hydrogens (tertiary/aromatic N) is 1. The van der Waals surface area contributed by atoms with Crippen LogP contribution in [0.1, 0.15) is 55.9 Å². The molecule has 2 heterocycles. The quantitative estimate of drug-likeness (QED) is 0.177. The van der Waals surface area contributed by atoms with Crippen LogP contribution in [0.3, 0.4) is 0 Å². The molecule has 2 nitrogen and oxygen atoms in total. The van der Waals surface area contributed by atoms with Gasteiger partial charge in [-0.1, -0.05) is 172 Å². The van der Waals surface area contributed by atoms with Crippen molar-refractivity contribution >= 4 is 33.2 Å². The van der Waals surface area contributed by atoms with Gasteiger partial charge < -0.3 is 9.88 Å². The number of rotatable bonds is 3. The molecule has 1 spiro atoms. The third-order valence-corrected chi connectivity index (χ3v) is 16.2. The monoisotopic (exact) mass is 780 g/mol. The van der Waals surface area contributed by atoms with Crippen LogP contribution in [0, 0.1) is 11.3 Å². The minimum Gasteiger partial charge on any atom is -0.355 e. The summed E-state index contributed by atoms with van der Waals surface area (Å²) in [6.45, 7) is 10.2. The molecule has 5 unspecified atom stereocenters. The van der Waals surface area contributed by atoms with Crippen molar-refractivity contribution in [3.8, 4) is 39.1 Å². The predicted molar refractivity (Wildman–Crippen MR) is 253 cm³/mol. The lowest BCUT2D eigenvalue weighted by Gasteiger charge is -2.51. The van der Waals surface area contributed by atoms with Crippen LogP contribution in [0.5, 0.6) is 0 Å². The zero-order valence-corrected chi connectivity index (χ0v) is 34.8. The van der Waals surface area contributed by atoms with Gasteiger partial charge in [-0.3, -0.25) is 0 Å². The second-order valence-electron chi connectivity index (χ2n) is 18.7. The Labute approximate surface area is 356 Å². The number of fused-ring (bicyclic) bond motifs is 12. The van der Waals surface area contributed by atoms with E-state index in [1.165, 1.54) is 100.0 Å². The molecule has 8 aromatic rings. The molecule has 0 amide bonds. The molecule has 0 saturated heterocycles. The zero-order chi connectivity index (χ0) is 40.6. The average molecular weight is 781 g/mol. The molecular formula is C59H44N2. The molecule has 5 aliphatic carbocycles. The Kier molecular flexibility index (Phi) is 6.26. The van der Waals surface area contributed by atoms with Crippen LogP contribution in [0.2, 0.25) is 0 Å². The molecule has 1 aromatic heterocycles. The summed E-state index contributed by atoms with van der Waals surface area (Å²) in [4.78, 5) is 0. The Hall–Kier alpha value is -6.90. The van der Waals surface area contributed by atoms with Crippen molar-refractivity contribution < 1.29 is 0 Å². The van der Waals surface area contributed by atoms with Gasteiger partial charge >= 0.3 is 0 Å². The van der Waals surface area contributed by atoms with Crippen LogP contribution in [-0.4, -0.2) is 4.57 Å². The van der Waals surface area contributed by atoms with Crippen LogP contribution in [0.25, 0.3) is 60.9 Å². The van der Waals surface area contributed by atoms with Crippen molar-refractivity contribution in [2.75, 3.05) is 5.32 Å². The first-order chi connectivity index (χ1) is 29.9. The Morgan fingerprint density at radius 3 is 2.33 bits per heavy atom. The highest BCUT2D eigenvalue weighted by molar-refractivity contribution is 6.20. The van der Waals surface area contributed by atoms with Crippen LogP contribution in [0.4, 0.5) is 11.4 Å². The molecule has 2 heteroatoms. The first-order valence-electron chi connectivity index (χ1n) is 22.1. The van der Waals surface area contributed by atoms with E-state index in [9.17, 15) is 0 Å². The van der Waals surface area contributed by atoms with Gasteiger partial charge in [0.2, 0.25) is 0 Å². The van der Waals surface area contributed by atoms with Gasteiger partial charge in [0, 0.05) is 55.6 Å². The molecule has 0 radical (unpaired) electrons. The number of nitrogens with one attached hydrogen (secondary N) is 1. The van der Waals surface area contributed by atoms with E-state index in [0.717, 1.165) is 5.69 Å². The SMILES string of the molecule is CC1C=C2C=CC=C3C2(C)C2=C1C(C)c1ccccc1C2(C)C31c2ccc3c4ccccc4n4c3c2-c2c(ccc(Nc3cccc(-c5ccccc5)c3)c21)-c1ccccc1-4. The van der Waals surface area contributed by atoms with Crippen molar-refractivity contribution in [2.45, 2.75) is 44.4 Å². The number of para-hydroxylation sites is 2. The summed E-state index contributed by atoms with van der Waals surface area (Å²) in [7, 11) is 0. The van der Waals surface area contributed by atoms with E-state index >= 15 is 0 Å². The summed E-state index contributed by atoms with van der Waals surface area (Å²) in [5, 5.41) is 6.79. The third-order valence-electron chi connectivity index (χ3n) is 16.2. The largest absolute Gasteiger partial charge is 0.355 e. The molecule has 1 fully saturated rings. The van der Waals surface area contributed by atoms with Crippen molar-refractivity contribution in [2.24, 2.45) is 11.3 Å². The number of hydrogen-bond acceptors (Lipinski definition) is 1. The minimum absolute atomic E-state index is 0.295. The summed E-state index contributed by atoms with van der Waals surface area (Å²) in [6.07, 6.45) is 9.94. The molecule has 0 bridgehead atoms. The maximum atomic E-state index is 4.19. The third kappa shape index (κ3) is 3.72. The Morgan fingerprint density at radius 2 is 1.43 bits per heavy atom. The minimum atomic E-state index is -0.561. The number of benzene rings is 7. The molecular weight excluding hydrogens is 737 g/mol. The van der Waals surface area contributed by atoms with Crippen molar-refractivity contribution in [3.63, 3.8) is 0 Å². The van der Waals surface area contributed by atoms with Gasteiger partial charge in [-0.15, -0.1) is 0 Å². The predicted octanol–water partition coefficient (Wildman–Crippen LogP) is 14.9. The first kappa shape index (κ1) is 33.9.